The van der Waals surface area contributed by atoms with Crippen molar-refractivity contribution in [2.45, 2.75) is 53.0 Å². The van der Waals surface area contributed by atoms with Crippen LogP contribution in [0.15, 0.2) is 24.3 Å². The summed E-state index contributed by atoms with van der Waals surface area (Å²) >= 11 is 0. The Hall–Kier alpha value is -1.41. The van der Waals surface area contributed by atoms with E-state index in [0.29, 0.717) is 5.92 Å². The van der Waals surface area contributed by atoms with E-state index >= 15 is 0 Å². The van der Waals surface area contributed by atoms with Gasteiger partial charge >= 0.3 is 0 Å². The highest BCUT2D eigenvalue weighted by atomic mass is 14.8. The van der Waals surface area contributed by atoms with Gasteiger partial charge < -0.3 is 5.32 Å². The van der Waals surface area contributed by atoms with Crippen LogP contribution in [0.1, 0.15) is 56.4 Å². The summed E-state index contributed by atoms with van der Waals surface area (Å²) in [5, 5.41) is 4.84. The molecule has 2 rings (SSSR count). The summed E-state index contributed by atoms with van der Waals surface area (Å²) in [5.74, 6) is 0.468. The molecule has 1 aromatic heterocycles. The second kappa shape index (κ2) is 6.85. The van der Waals surface area contributed by atoms with Crippen molar-refractivity contribution >= 4 is 10.9 Å². The number of benzene rings is 1. The molecule has 0 aliphatic heterocycles. The fraction of sp³-hybridized carbons (Fsp3) is 0.500. The van der Waals surface area contributed by atoms with Crippen LogP contribution in [0.5, 0.6) is 0 Å². The Bertz CT molecular complexity index is 573. The van der Waals surface area contributed by atoms with Crippen LogP contribution in [0.3, 0.4) is 0 Å². The van der Waals surface area contributed by atoms with Crippen LogP contribution in [0, 0.1) is 6.92 Å². The molecule has 1 aromatic carbocycles. The molecule has 2 heteroatoms. The molecule has 2 aromatic rings. The maximum absolute atomic E-state index is 4.79. The predicted octanol–water partition coefficient (Wildman–Crippen LogP) is 4.56. The van der Waals surface area contributed by atoms with Gasteiger partial charge in [-0.3, -0.25) is 4.98 Å². The van der Waals surface area contributed by atoms with Gasteiger partial charge in [-0.25, -0.2) is 0 Å². The first kappa shape index (κ1) is 15.0. The van der Waals surface area contributed by atoms with Gasteiger partial charge in [0.25, 0.3) is 0 Å². The topological polar surface area (TPSA) is 24.9 Å². The van der Waals surface area contributed by atoms with Crippen molar-refractivity contribution in [3.05, 3.63) is 41.1 Å². The largest absolute Gasteiger partial charge is 0.313 e. The fourth-order valence-electron chi connectivity index (χ4n) is 2.40. The van der Waals surface area contributed by atoms with E-state index in [1.165, 1.54) is 35.0 Å². The van der Waals surface area contributed by atoms with Crippen LogP contribution in [0.4, 0.5) is 0 Å². The minimum Gasteiger partial charge on any atom is -0.313 e. The molecule has 20 heavy (non-hydrogen) atoms. The Labute approximate surface area is 122 Å². The number of nitrogens with zero attached hydrogens (tertiary/aromatic N) is 1. The molecule has 0 fully saturated rings. The van der Waals surface area contributed by atoms with Gasteiger partial charge in [0.2, 0.25) is 0 Å². The third-order valence-corrected chi connectivity index (χ3v) is 3.68. The summed E-state index contributed by atoms with van der Waals surface area (Å²) < 4.78 is 0. The van der Waals surface area contributed by atoms with Crippen molar-refractivity contribution in [3.63, 3.8) is 0 Å². The molecule has 0 amide bonds. The summed E-state index contributed by atoms with van der Waals surface area (Å²) in [6.45, 7) is 10.8. The normalized spacial score (nSPS) is 11.4. The van der Waals surface area contributed by atoms with Crippen molar-refractivity contribution in [1.29, 1.82) is 0 Å². The van der Waals surface area contributed by atoms with Gasteiger partial charge in [-0.05, 0) is 49.6 Å². The predicted molar refractivity (Wildman–Crippen MR) is 87.2 cm³/mol. The first-order chi connectivity index (χ1) is 9.61. The SMILES string of the molecule is CCCCNCc1cc(C(C)C)nc2ccc(C)cc12. The lowest BCUT2D eigenvalue weighted by molar-refractivity contribution is 0.642. The van der Waals surface area contributed by atoms with Crippen LogP contribution >= 0.6 is 0 Å². The zero-order chi connectivity index (χ0) is 14.5. The van der Waals surface area contributed by atoms with Crippen molar-refractivity contribution in [3.8, 4) is 0 Å². The molecule has 1 heterocycles. The minimum absolute atomic E-state index is 0.468. The van der Waals surface area contributed by atoms with Crippen LogP contribution < -0.4 is 5.32 Å². The van der Waals surface area contributed by atoms with Crippen molar-refractivity contribution in [1.82, 2.24) is 10.3 Å². The number of rotatable bonds is 6. The van der Waals surface area contributed by atoms with Gasteiger partial charge in [0.15, 0.2) is 0 Å². The third kappa shape index (κ3) is 3.57. The van der Waals surface area contributed by atoms with Crippen LogP contribution in [0.25, 0.3) is 10.9 Å². The van der Waals surface area contributed by atoms with Crippen LogP contribution in [-0.4, -0.2) is 11.5 Å². The first-order valence-electron chi connectivity index (χ1n) is 7.72. The van der Waals surface area contributed by atoms with Gasteiger partial charge in [-0.2, -0.15) is 0 Å². The van der Waals surface area contributed by atoms with Crippen molar-refractivity contribution in [2.24, 2.45) is 0 Å². The van der Waals surface area contributed by atoms with Crippen LogP contribution in [0.2, 0.25) is 0 Å². The Morgan fingerprint density at radius 3 is 2.70 bits per heavy atom. The number of hydrogen-bond donors (Lipinski definition) is 1. The third-order valence-electron chi connectivity index (χ3n) is 3.68. The molecule has 0 unspecified atom stereocenters. The Morgan fingerprint density at radius 2 is 2.00 bits per heavy atom. The lowest BCUT2D eigenvalue weighted by Gasteiger charge is -2.13. The lowest BCUT2D eigenvalue weighted by Crippen LogP contribution is -2.15. The van der Waals surface area contributed by atoms with E-state index in [2.05, 4.69) is 57.3 Å². The average molecular weight is 270 g/mol. The number of aromatic nitrogens is 1. The number of unbranched alkanes of at least 4 members (excludes halogenated alkanes) is 1. The van der Waals surface area contributed by atoms with Gasteiger partial charge in [-0.15, -0.1) is 0 Å². The number of pyridine rings is 1. The molecule has 2 nitrogen and oxygen atoms in total. The Kier molecular flexibility index (Phi) is 5.13. The van der Waals surface area contributed by atoms with E-state index in [0.717, 1.165) is 18.6 Å². The van der Waals surface area contributed by atoms with Gasteiger partial charge in [0.1, 0.15) is 0 Å². The number of aryl methyl sites for hydroxylation is 1. The standard InChI is InChI=1S/C18H26N2/c1-5-6-9-19-12-15-11-18(13(2)3)20-17-8-7-14(4)10-16(15)17/h7-8,10-11,13,19H,5-6,9,12H2,1-4H3. The van der Waals surface area contributed by atoms with E-state index < -0.39 is 0 Å². The molecule has 0 saturated heterocycles. The smallest absolute Gasteiger partial charge is 0.0708 e. The van der Waals surface area contributed by atoms with Gasteiger partial charge in [0.05, 0.1) is 5.52 Å². The summed E-state index contributed by atoms with van der Waals surface area (Å²) in [6, 6.07) is 8.81. The molecule has 0 radical (unpaired) electrons. The monoisotopic (exact) mass is 270 g/mol. The van der Waals surface area contributed by atoms with E-state index in [4.69, 9.17) is 4.98 Å². The number of hydrogen-bond acceptors (Lipinski definition) is 2. The molecule has 0 aliphatic rings. The molecule has 0 spiro atoms. The lowest BCUT2D eigenvalue weighted by atomic mass is 10.0. The van der Waals surface area contributed by atoms with Gasteiger partial charge in [0, 0.05) is 17.6 Å². The summed E-state index contributed by atoms with van der Waals surface area (Å²) in [4.78, 5) is 4.79. The Balaban J connectivity index is 2.35. The fourth-order valence-corrected chi connectivity index (χ4v) is 2.40. The molecule has 0 bridgehead atoms. The maximum atomic E-state index is 4.79. The molecular weight excluding hydrogens is 244 g/mol. The highest BCUT2D eigenvalue weighted by molar-refractivity contribution is 5.83. The zero-order valence-corrected chi connectivity index (χ0v) is 13.2. The maximum Gasteiger partial charge on any atom is 0.0708 e. The second-order valence-electron chi connectivity index (χ2n) is 5.91. The Morgan fingerprint density at radius 1 is 1.20 bits per heavy atom. The molecule has 0 saturated carbocycles. The summed E-state index contributed by atoms with van der Waals surface area (Å²) in [5.41, 5.74) is 4.98. The van der Waals surface area contributed by atoms with E-state index in [9.17, 15) is 0 Å². The molecule has 1 N–H and O–H groups in total. The molecule has 0 aliphatic carbocycles. The van der Waals surface area contributed by atoms with E-state index in [-0.39, 0.29) is 0 Å². The van der Waals surface area contributed by atoms with E-state index in [1.54, 1.807) is 0 Å². The number of nitrogens with one attached hydrogen (secondary N) is 1. The molecule has 0 atom stereocenters. The van der Waals surface area contributed by atoms with Crippen molar-refractivity contribution in [2.75, 3.05) is 6.54 Å². The van der Waals surface area contributed by atoms with Gasteiger partial charge in [-0.1, -0.05) is 38.8 Å². The van der Waals surface area contributed by atoms with Crippen LogP contribution in [-0.2, 0) is 6.54 Å². The highest BCUT2D eigenvalue weighted by Crippen LogP contribution is 2.23. The molecule has 108 valence electrons. The summed E-state index contributed by atoms with van der Waals surface area (Å²) in [7, 11) is 0. The average Bonchev–Trinajstić information content (AvgIpc) is 2.43. The van der Waals surface area contributed by atoms with Crippen molar-refractivity contribution < 1.29 is 0 Å². The van der Waals surface area contributed by atoms with E-state index in [1.807, 2.05) is 0 Å². The zero-order valence-electron chi connectivity index (χ0n) is 13.2. The number of fused-ring (bicyclic) bond motifs is 1. The highest BCUT2D eigenvalue weighted by Gasteiger charge is 2.08. The minimum atomic E-state index is 0.468. The summed E-state index contributed by atoms with van der Waals surface area (Å²) in [6.07, 6.45) is 2.47. The quantitative estimate of drug-likeness (QED) is 0.779. The first-order valence-corrected chi connectivity index (χ1v) is 7.72. The second-order valence-corrected chi connectivity index (χ2v) is 5.91. The molecular formula is C18H26N2.